The van der Waals surface area contributed by atoms with Crippen molar-refractivity contribution >= 4 is 11.5 Å². The molecule has 1 fully saturated rings. The van der Waals surface area contributed by atoms with Crippen LogP contribution in [0.1, 0.15) is 18.4 Å². The lowest BCUT2D eigenvalue weighted by Crippen LogP contribution is -2.37. The Labute approximate surface area is 96.4 Å². The van der Waals surface area contributed by atoms with Crippen LogP contribution < -0.4 is 10.6 Å². The summed E-state index contributed by atoms with van der Waals surface area (Å²) in [5, 5.41) is 0. The molecule has 0 bridgehead atoms. The van der Waals surface area contributed by atoms with Crippen LogP contribution in [0.2, 0.25) is 0 Å². The molecule has 4 heteroatoms. The summed E-state index contributed by atoms with van der Waals surface area (Å²) in [5.41, 5.74) is 7.85. The Kier molecular flexibility index (Phi) is 3.29. The third kappa shape index (κ3) is 2.27. The van der Waals surface area contributed by atoms with Gasteiger partial charge in [-0.3, -0.25) is 0 Å². The maximum absolute atomic E-state index is 5.99. The maximum atomic E-state index is 5.99. The summed E-state index contributed by atoms with van der Waals surface area (Å²) in [6, 6.07) is 2.46. The van der Waals surface area contributed by atoms with Crippen molar-refractivity contribution in [1.29, 1.82) is 0 Å². The third-order valence-electron chi connectivity index (χ3n) is 3.10. The topological polar surface area (TPSA) is 51.4 Å². The lowest BCUT2D eigenvalue weighted by atomic mass is 10.1. The Morgan fingerprint density at radius 3 is 2.75 bits per heavy atom. The molecule has 2 rings (SSSR count). The van der Waals surface area contributed by atoms with Crippen molar-refractivity contribution in [2.24, 2.45) is 0 Å². The molecule has 1 aromatic rings. The van der Waals surface area contributed by atoms with E-state index in [1.165, 1.54) is 0 Å². The second-order valence-corrected chi connectivity index (χ2v) is 4.38. The summed E-state index contributed by atoms with van der Waals surface area (Å²) in [7, 11) is 2.06. The van der Waals surface area contributed by atoms with Crippen molar-refractivity contribution in [1.82, 2.24) is 4.98 Å². The summed E-state index contributed by atoms with van der Waals surface area (Å²) >= 11 is 0. The van der Waals surface area contributed by atoms with Gasteiger partial charge in [0.2, 0.25) is 0 Å². The van der Waals surface area contributed by atoms with E-state index < -0.39 is 0 Å². The molecule has 1 saturated heterocycles. The average molecular weight is 221 g/mol. The number of ether oxygens (including phenoxy) is 1. The number of aryl methyl sites for hydroxylation is 1. The number of nitrogen functional groups attached to an aromatic ring is 1. The second-order valence-electron chi connectivity index (χ2n) is 4.38. The monoisotopic (exact) mass is 221 g/mol. The van der Waals surface area contributed by atoms with Crippen molar-refractivity contribution in [2.45, 2.75) is 25.8 Å². The smallest absolute Gasteiger partial charge is 0.151 e. The van der Waals surface area contributed by atoms with Gasteiger partial charge >= 0.3 is 0 Å². The third-order valence-corrected chi connectivity index (χ3v) is 3.10. The standard InChI is InChI=1S/C12H19N3O/c1-9-7-11(13)12(14-8-9)15(2)10-3-5-16-6-4-10/h7-8,10H,3-6,13H2,1-2H3. The molecule has 1 aromatic heterocycles. The molecule has 16 heavy (non-hydrogen) atoms. The minimum absolute atomic E-state index is 0.492. The van der Waals surface area contributed by atoms with Crippen molar-refractivity contribution < 1.29 is 4.74 Å². The van der Waals surface area contributed by atoms with Crippen LogP contribution in [0, 0.1) is 6.92 Å². The molecule has 0 saturated carbocycles. The largest absolute Gasteiger partial charge is 0.396 e. The molecule has 0 aromatic carbocycles. The summed E-state index contributed by atoms with van der Waals surface area (Å²) in [6.45, 7) is 3.67. The van der Waals surface area contributed by atoms with Crippen LogP contribution in [0.4, 0.5) is 11.5 Å². The Balaban J connectivity index is 2.15. The molecule has 2 heterocycles. The highest BCUT2D eigenvalue weighted by molar-refractivity contribution is 5.63. The van der Waals surface area contributed by atoms with Gasteiger partial charge in [-0.1, -0.05) is 0 Å². The maximum Gasteiger partial charge on any atom is 0.151 e. The highest BCUT2D eigenvalue weighted by atomic mass is 16.5. The van der Waals surface area contributed by atoms with Crippen molar-refractivity contribution in [3.05, 3.63) is 17.8 Å². The number of nitrogens with zero attached hydrogens (tertiary/aromatic N) is 2. The fourth-order valence-corrected chi connectivity index (χ4v) is 2.12. The molecule has 0 atom stereocenters. The van der Waals surface area contributed by atoms with Gasteiger partial charge in [-0.15, -0.1) is 0 Å². The Morgan fingerprint density at radius 2 is 2.12 bits per heavy atom. The van der Waals surface area contributed by atoms with Crippen molar-refractivity contribution in [3.63, 3.8) is 0 Å². The summed E-state index contributed by atoms with van der Waals surface area (Å²) in [4.78, 5) is 6.59. The van der Waals surface area contributed by atoms with E-state index in [0.29, 0.717) is 6.04 Å². The quantitative estimate of drug-likeness (QED) is 0.824. The fourth-order valence-electron chi connectivity index (χ4n) is 2.12. The van der Waals surface area contributed by atoms with Gasteiger partial charge in [-0.05, 0) is 31.4 Å². The predicted molar refractivity (Wildman–Crippen MR) is 65.6 cm³/mol. The van der Waals surface area contributed by atoms with Crippen LogP contribution in [0.5, 0.6) is 0 Å². The second kappa shape index (κ2) is 4.70. The molecule has 0 spiro atoms. The number of hydrogen-bond acceptors (Lipinski definition) is 4. The van der Waals surface area contributed by atoms with E-state index in [1.54, 1.807) is 0 Å². The fraction of sp³-hybridized carbons (Fsp3) is 0.583. The molecule has 4 nitrogen and oxygen atoms in total. The molecule has 0 amide bonds. The Morgan fingerprint density at radius 1 is 1.44 bits per heavy atom. The number of hydrogen-bond donors (Lipinski definition) is 1. The lowest BCUT2D eigenvalue weighted by Gasteiger charge is -2.32. The number of rotatable bonds is 2. The van der Waals surface area contributed by atoms with E-state index in [2.05, 4.69) is 16.9 Å². The number of aromatic nitrogens is 1. The minimum Gasteiger partial charge on any atom is -0.396 e. The zero-order chi connectivity index (χ0) is 11.5. The Bertz CT molecular complexity index is 361. The van der Waals surface area contributed by atoms with E-state index in [0.717, 1.165) is 43.1 Å². The van der Waals surface area contributed by atoms with E-state index in [1.807, 2.05) is 19.2 Å². The predicted octanol–water partition coefficient (Wildman–Crippen LogP) is 1.59. The van der Waals surface area contributed by atoms with Gasteiger partial charge in [0.15, 0.2) is 5.82 Å². The summed E-state index contributed by atoms with van der Waals surface area (Å²) in [5.74, 6) is 0.887. The van der Waals surface area contributed by atoms with Crippen molar-refractivity contribution in [3.8, 4) is 0 Å². The zero-order valence-corrected chi connectivity index (χ0v) is 9.94. The van der Waals surface area contributed by atoms with Crippen LogP contribution in [-0.4, -0.2) is 31.3 Å². The zero-order valence-electron chi connectivity index (χ0n) is 9.94. The molecular weight excluding hydrogens is 202 g/mol. The minimum atomic E-state index is 0.492. The normalized spacial score (nSPS) is 17.4. The van der Waals surface area contributed by atoms with Crippen LogP contribution in [0.3, 0.4) is 0 Å². The number of pyridine rings is 1. The van der Waals surface area contributed by atoms with Crippen LogP contribution >= 0.6 is 0 Å². The first-order valence-electron chi connectivity index (χ1n) is 5.71. The number of nitrogens with two attached hydrogens (primary N) is 1. The summed E-state index contributed by atoms with van der Waals surface area (Å²) in [6.07, 6.45) is 3.96. The molecular formula is C12H19N3O. The van der Waals surface area contributed by atoms with Gasteiger partial charge < -0.3 is 15.4 Å². The van der Waals surface area contributed by atoms with Gasteiger partial charge in [-0.2, -0.15) is 0 Å². The number of anilines is 2. The van der Waals surface area contributed by atoms with Gasteiger partial charge in [0, 0.05) is 32.5 Å². The molecule has 0 unspecified atom stereocenters. The summed E-state index contributed by atoms with van der Waals surface area (Å²) < 4.78 is 5.36. The SMILES string of the molecule is Cc1cnc(N(C)C2CCOCC2)c(N)c1. The molecule has 0 radical (unpaired) electrons. The van der Waals surface area contributed by atoms with E-state index in [9.17, 15) is 0 Å². The van der Waals surface area contributed by atoms with Gasteiger partial charge in [-0.25, -0.2) is 4.98 Å². The van der Waals surface area contributed by atoms with Gasteiger partial charge in [0.1, 0.15) is 0 Å². The van der Waals surface area contributed by atoms with Crippen molar-refractivity contribution in [2.75, 3.05) is 30.9 Å². The molecule has 1 aliphatic rings. The molecule has 1 aliphatic heterocycles. The molecule has 88 valence electrons. The van der Waals surface area contributed by atoms with Gasteiger partial charge in [0.05, 0.1) is 5.69 Å². The van der Waals surface area contributed by atoms with Crippen LogP contribution in [0.15, 0.2) is 12.3 Å². The average Bonchev–Trinajstić information content (AvgIpc) is 2.29. The molecule has 0 aliphatic carbocycles. The van der Waals surface area contributed by atoms with E-state index in [-0.39, 0.29) is 0 Å². The first-order chi connectivity index (χ1) is 7.68. The van der Waals surface area contributed by atoms with E-state index >= 15 is 0 Å². The first kappa shape index (κ1) is 11.2. The van der Waals surface area contributed by atoms with E-state index in [4.69, 9.17) is 10.5 Å². The van der Waals surface area contributed by atoms with Gasteiger partial charge in [0.25, 0.3) is 0 Å². The molecule has 2 N–H and O–H groups in total. The highest BCUT2D eigenvalue weighted by Gasteiger charge is 2.20. The van der Waals surface area contributed by atoms with Crippen LogP contribution in [-0.2, 0) is 4.74 Å². The Hall–Kier alpha value is -1.29. The first-order valence-corrected chi connectivity index (χ1v) is 5.71. The lowest BCUT2D eigenvalue weighted by molar-refractivity contribution is 0.0854. The van der Waals surface area contributed by atoms with Crippen LogP contribution in [0.25, 0.3) is 0 Å². The highest BCUT2D eigenvalue weighted by Crippen LogP contribution is 2.24.